The van der Waals surface area contributed by atoms with E-state index in [0.717, 1.165) is 0 Å². The maximum Gasteiger partial charge on any atom is 0.406 e. The van der Waals surface area contributed by atoms with Gasteiger partial charge in [-0.1, -0.05) is 12.1 Å². The van der Waals surface area contributed by atoms with Gasteiger partial charge in [-0.25, -0.2) is 0 Å². The fourth-order valence-corrected chi connectivity index (χ4v) is 1.41. The third kappa shape index (κ3) is 3.14. The fraction of sp³-hybridized carbons (Fsp3) is 0.333. The molecule has 0 aromatic heterocycles. The summed E-state index contributed by atoms with van der Waals surface area (Å²) in [5.74, 6) is -2.09. The number of aryl methyl sites for hydroxylation is 1. The molecule has 0 radical (unpaired) electrons. The van der Waals surface area contributed by atoms with E-state index in [1.54, 1.807) is 19.1 Å². The largest absolute Gasteiger partial charge is 0.406 e. The van der Waals surface area contributed by atoms with Crippen LogP contribution in [0.1, 0.15) is 11.1 Å². The lowest BCUT2D eigenvalue weighted by atomic mass is 10.1. The van der Waals surface area contributed by atoms with Crippen LogP contribution in [0.4, 0.5) is 18.9 Å². The second-order valence-electron chi connectivity index (χ2n) is 3.71. The van der Waals surface area contributed by atoms with Gasteiger partial charge in [0.15, 0.2) is 5.92 Å². The van der Waals surface area contributed by atoms with E-state index in [4.69, 9.17) is 10.5 Å². The molecule has 94 valence electrons. The summed E-state index contributed by atoms with van der Waals surface area (Å²) >= 11 is 0. The molecule has 1 aromatic rings. The lowest BCUT2D eigenvalue weighted by Crippen LogP contribution is -2.28. The molecule has 3 nitrogen and oxygen atoms in total. The minimum atomic E-state index is -4.57. The van der Waals surface area contributed by atoms with Gasteiger partial charge in [0.1, 0.15) is 6.07 Å². The van der Waals surface area contributed by atoms with E-state index in [-0.39, 0.29) is 5.56 Å². The van der Waals surface area contributed by atoms with Crippen LogP contribution in [0.25, 0.3) is 0 Å². The molecule has 1 rings (SSSR count). The maximum absolute atomic E-state index is 12.4. The Morgan fingerprint density at radius 3 is 2.50 bits per heavy atom. The van der Waals surface area contributed by atoms with Gasteiger partial charge < -0.3 is 5.32 Å². The van der Waals surface area contributed by atoms with Crippen LogP contribution in [0.2, 0.25) is 0 Å². The van der Waals surface area contributed by atoms with Gasteiger partial charge in [-0.15, -0.1) is 0 Å². The first kappa shape index (κ1) is 13.9. The average Bonchev–Trinajstić information content (AvgIpc) is 2.28. The van der Waals surface area contributed by atoms with Crippen LogP contribution in [-0.2, 0) is 0 Å². The molecule has 18 heavy (non-hydrogen) atoms. The van der Waals surface area contributed by atoms with Crippen LogP contribution >= 0.6 is 0 Å². The van der Waals surface area contributed by atoms with Crippen LogP contribution in [0.15, 0.2) is 18.2 Å². The van der Waals surface area contributed by atoms with Crippen molar-refractivity contribution in [1.29, 1.82) is 10.5 Å². The van der Waals surface area contributed by atoms with Crippen LogP contribution in [0.5, 0.6) is 0 Å². The number of nitrogens with one attached hydrogen (secondary N) is 1. The zero-order valence-corrected chi connectivity index (χ0v) is 9.54. The first-order valence-corrected chi connectivity index (χ1v) is 5.10. The molecule has 0 aliphatic carbocycles. The summed E-state index contributed by atoms with van der Waals surface area (Å²) in [4.78, 5) is 0. The molecule has 1 unspecified atom stereocenters. The average molecular weight is 253 g/mol. The van der Waals surface area contributed by atoms with Crippen molar-refractivity contribution in [3.8, 4) is 12.1 Å². The quantitative estimate of drug-likeness (QED) is 0.900. The van der Waals surface area contributed by atoms with Gasteiger partial charge in [0.05, 0.1) is 17.3 Å². The van der Waals surface area contributed by atoms with E-state index < -0.39 is 18.6 Å². The molecule has 0 fully saturated rings. The molecule has 0 bridgehead atoms. The van der Waals surface area contributed by atoms with Gasteiger partial charge >= 0.3 is 6.18 Å². The number of hydrogen-bond donors (Lipinski definition) is 1. The third-order valence-electron chi connectivity index (χ3n) is 2.43. The highest BCUT2D eigenvalue weighted by molar-refractivity contribution is 5.60. The summed E-state index contributed by atoms with van der Waals surface area (Å²) in [5, 5.41) is 19.8. The topological polar surface area (TPSA) is 59.6 Å². The number of nitrogens with zero attached hydrogens (tertiary/aromatic N) is 2. The van der Waals surface area contributed by atoms with Crippen molar-refractivity contribution < 1.29 is 13.2 Å². The highest BCUT2D eigenvalue weighted by atomic mass is 19.4. The van der Waals surface area contributed by atoms with Crippen LogP contribution in [0, 0.1) is 35.5 Å². The van der Waals surface area contributed by atoms with Crippen molar-refractivity contribution in [2.75, 3.05) is 11.9 Å². The number of nitriles is 2. The molecule has 0 saturated carbocycles. The molecule has 1 atom stereocenters. The van der Waals surface area contributed by atoms with Crippen LogP contribution < -0.4 is 5.32 Å². The zero-order chi connectivity index (χ0) is 13.8. The lowest BCUT2D eigenvalue weighted by molar-refractivity contribution is -0.155. The van der Waals surface area contributed by atoms with Crippen LogP contribution in [0.3, 0.4) is 0 Å². The number of benzene rings is 1. The smallest absolute Gasteiger partial charge is 0.382 e. The van der Waals surface area contributed by atoms with Crippen molar-refractivity contribution >= 4 is 5.69 Å². The minimum Gasteiger partial charge on any atom is -0.382 e. The van der Waals surface area contributed by atoms with E-state index in [0.29, 0.717) is 11.3 Å². The van der Waals surface area contributed by atoms with Crippen molar-refractivity contribution in [2.24, 2.45) is 5.92 Å². The molecule has 1 N–H and O–H groups in total. The molecular formula is C12H10F3N3. The van der Waals surface area contributed by atoms with Gasteiger partial charge in [0, 0.05) is 6.54 Å². The van der Waals surface area contributed by atoms with E-state index in [9.17, 15) is 13.2 Å². The number of halogens is 3. The maximum atomic E-state index is 12.4. The Bertz CT molecular complexity index is 509. The minimum absolute atomic E-state index is 0.288. The molecule has 0 heterocycles. The highest BCUT2D eigenvalue weighted by Gasteiger charge is 2.39. The summed E-state index contributed by atoms with van der Waals surface area (Å²) in [6.07, 6.45) is -4.57. The molecule has 6 heteroatoms. The van der Waals surface area contributed by atoms with Crippen molar-refractivity contribution in [2.45, 2.75) is 13.1 Å². The second-order valence-corrected chi connectivity index (χ2v) is 3.71. The second kappa shape index (κ2) is 5.42. The SMILES string of the molecule is Cc1cccc(NCC(C#N)C(F)(F)F)c1C#N. The van der Waals surface area contributed by atoms with Gasteiger partial charge in [0.25, 0.3) is 0 Å². The Kier molecular flexibility index (Phi) is 4.17. The molecule has 0 saturated heterocycles. The summed E-state index contributed by atoms with van der Waals surface area (Å²) in [7, 11) is 0. The van der Waals surface area contributed by atoms with Gasteiger partial charge in [0.2, 0.25) is 0 Å². The summed E-state index contributed by atoms with van der Waals surface area (Å²) in [6, 6.07) is 7.94. The molecule has 0 aliphatic heterocycles. The summed E-state index contributed by atoms with van der Waals surface area (Å²) in [5.41, 5.74) is 1.27. The van der Waals surface area contributed by atoms with E-state index in [2.05, 4.69) is 5.32 Å². The predicted molar refractivity (Wildman–Crippen MR) is 59.5 cm³/mol. The first-order valence-electron chi connectivity index (χ1n) is 5.10. The molecule has 1 aromatic carbocycles. The number of rotatable bonds is 3. The molecule has 0 aliphatic rings. The predicted octanol–water partition coefficient (Wildman–Crippen LogP) is 2.98. The lowest BCUT2D eigenvalue weighted by Gasteiger charge is -2.15. The standard InChI is InChI=1S/C12H10F3N3/c1-8-3-2-4-11(10(8)6-17)18-7-9(5-16)12(13,14)15/h2-4,9,18H,7H2,1H3. The Hall–Kier alpha value is -2.21. The number of hydrogen-bond acceptors (Lipinski definition) is 3. The van der Waals surface area contributed by atoms with E-state index >= 15 is 0 Å². The Balaban J connectivity index is 2.85. The summed E-state index contributed by atoms with van der Waals surface area (Å²) < 4.78 is 37.1. The van der Waals surface area contributed by atoms with Crippen molar-refractivity contribution in [3.05, 3.63) is 29.3 Å². The normalized spacial score (nSPS) is 12.3. The van der Waals surface area contributed by atoms with Crippen LogP contribution in [-0.4, -0.2) is 12.7 Å². The Morgan fingerprint density at radius 2 is 2.00 bits per heavy atom. The monoisotopic (exact) mass is 253 g/mol. The molecule has 0 amide bonds. The van der Waals surface area contributed by atoms with E-state index in [1.165, 1.54) is 12.1 Å². The zero-order valence-electron chi connectivity index (χ0n) is 9.54. The first-order chi connectivity index (χ1) is 8.40. The van der Waals surface area contributed by atoms with Gasteiger partial charge in [-0.3, -0.25) is 0 Å². The molecular weight excluding hydrogens is 243 g/mol. The van der Waals surface area contributed by atoms with Crippen molar-refractivity contribution in [1.82, 2.24) is 0 Å². The molecule has 0 spiro atoms. The highest BCUT2D eigenvalue weighted by Crippen LogP contribution is 2.26. The Morgan fingerprint density at radius 1 is 1.33 bits per heavy atom. The fourth-order valence-electron chi connectivity index (χ4n) is 1.41. The number of alkyl halides is 3. The summed E-state index contributed by atoms with van der Waals surface area (Å²) in [6.45, 7) is 1.12. The van der Waals surface area contributed by atoms with Gasteiger partial charge in [-0.2, -0.15) is 23.7 Å². The van der Waals surface area contributed by atoms with E-state index in [1.807, 2.05) is 6.07 Å². The number of anilines is 1. The Labute approximate surface area is 102 Å². The third-order valence-corrected chi connectivity index (χ3v) is 2.43. The van der Waals surface area contributed by atoms with Crippen molar-refractivity contribution in [3.63, 3.8) is 0 Å². The van der Waals surface area contributed by atoms with Gasteiger partial charge in [-0.05, 0) is 18.6 Å².